The first kappa shape index (κ1) is 23.4. The minimum Gasteiger partial charge on any atom is -0.337 e. The van der Waals surface area contributed by atoms with Crippen molar-refractivity contribution in [1.29, 1.82) is 0 Å². The van der Waals surface area contributed by atoms with Gasteiger partial charge in [0.2, 0.25) is 11.8 Å². The Balaban J connectivity index is 2.89. The lowest BCUT2D eigenvalue weighted by atomic mass is 10.1. The van der Waals surface area contributed by atoms with E-state index in [1.54, 1.807) is 9.80 Å². The van der Waals surface area contributed by atoms with E-state index in [2.05, 4.69) is 63.7 Å². The summed E-state index contributed by atoms with van der Waals surface area (Å²) in [7, 11) is 0. The van der Waals surface area contributed by atoms with Crippen molar-refractivity contribution in [2.45, 2.75) is 34.4 Å². The van der Waals surface area contributed by atoms with E-state index in [1.807, 2.05) is 32.0 Å². The van der Waals surface area contributed by atoms with Crippen LogP contribution in [0.5, 0.6) is 0 Å². The van der Waals surface area contributed by atoms with Crippen molar-refractivity contribution in [2.24, 2.45) is 0 Å². The van der Waals surface area contributed by atoms with E-state index in [1.165, 1.54) is 0 Å². The average molecular weight is 626 g/mol. The number of halogens is 5. The molecule has 4 nitrogen and oxygen atoms in total. The molecule has 2 amide bonds. The van der Waals surface area contributed by atoms with Crippen LogP contribution in [-0.2, 0) is 22.7 Å². The van der Waals surface area contributed by atoms with E-state index in [9.17, 15) is 9.59 Å². The van der Waals surface area contributed by atoms with Gasteiger partial charge in [-0.1, -0.05) is 87.5 Å². The van der Waals surface area contributed by atoms with E-state index in [0.29, 0.717) is 31.2 Å². The molecule has 0 fully saturated rings. The quantitative estimate of drug-likeness (QED) is 0.370. The van der Waals surface area contributed by atoms with Crippen molar-refractivity contribution in [3.63, 3.8) is 0 Å². The van der Waals surface area contributed by atoms with Crippen molar-refractivity contribution in [3.8, 4) is 0 Å². The molecule has 0 unspecified atom stereocenters. The first-order valence-electron chi connectivity index (χ1n) is 7.62. The number of benzene rings is 1. The van der Waals surface area contributed by atoms with Gasteiger partial charge in [0.1, 0.15) is 7.47 Å². The number of rotatable bonds is 8. The summed E-state index contributed by atoms with van der Waals surface area (Å²) in [6.07, 6.45) is 0. The second-order valence-corrected chi connectivity index (χ2v) is 11.8. The van der Waals surface area contributed by atoms with Gasteiger partial charge in [-0.25, -0.2) is 0 Å². The third kappa shape index (κ3) is 7.13. The Bertz CT molecular complexity index is 614. The summed E-state index contributed by atoms with van der Waals surface area (Å²) in [4.78, 5) is 27.6. The highest BCUT2D eigenvalue weighted by molar-refractivity contribution is 9.25. The van der Waals surface area contributed by atoms with Gasteiger partial charge in [0, 0.05) is 31.2 Å². The standard InChI is InChI=1S/C16H19Br4ClN2O2/c1-3-22(15(24)13(17)18)8-10-5-6-11(12(21)7-10)9-23(4-2)16(25)14(19)20/h5-7,13-14H,3-4,8-9H2,1-2H3. The maximum Gasteiger partial charge on any atom is 0.247 e. The van der Waals surface area contributed by atoms with Gasteiger partial charge in [-0.05, 0) is 31.0 Å². The fourth-order valence-corrected chi connectivity index (χ4v) is 3.63. The molecule has 0 aromatic heterocycles. The topological polar surface area (TPSA) is 40.6 Å². The average Bonchev–Trinajstić information content (AvgIpc) is 2.57. The van der Waals surface area contributed by atoms with Crippen LogP contribution in [0.1, 0.15) is 25.0 Å². The third-order valence-corrected chi connectivity index (χ3v) is 5.53. The van der Waals surface area contributed by atoms with E-state index in [-0.39, 0.29) is 11.8 Å². The minimum atomic E-state index is -0.413. The number of hydrogen-bond acceptors (Lipinski definition) is 2. The molecular weight excluding hydrogens is 607 g/mol. The van der Waals surface area contributed by atoms with Crippen molar-refractivity contribution in [3.05, 3.63) is 34.3 Å². The van der Waals surface area contributed by atoms with Gasteiger partial charge >= 0.3 is 0 Å². The Morgan fingerprint density at radius 2 is 1.44 bits per heavy atom. The maximum absolute atomic E-state index is 12.1. The van der Waals surface area contributed by atoms with Gasteiger partial charge in [-0.3, -0.25) is 9.59 Å². The molecule has 0 bridgehead atoms. The maximum atomic E-state index is 12.1. The second-order valence-electron chi connectivity index (χ2n) is 5.23. The van der Waals surface area contributed by atoms with Gasteiger partial charge in [-0.15, -0.1) is 0 Å². The van der Waals surface area contributed by atoms with Crippen molar-refractivity contribution in [2.75, 3.05) is 13.1 Å². The lowest BCUT2D eigenvalue weighted by Crippen LogP contribution is -2.34. The van der Waals surface area contributed by atoms with E-state index in [0.717, 1.165) is 11.1 Å². The molecule has 0 saturated heterocycles. The van der Waals surface area contributed by atoms with Crippen LogP contribution in [0.15, 0.2) is 18.2 Å². The van der Waals surface area contributed by atoms with Crippen LogP contribution in [0.4, 0.5) is 0 Å². The molecule has 25 heavy (non-hydrogen) atoms. The van der Waals surface area contributed by atoms with Gasteiger partial charge in [0.25, 0.3) is 0 Å². The largest absolute Gasteiger partial charge is 0.337 e. The van der Waals surface area contributed by atoms with Crippen LogP contribution in [-0.4, -0.2) is 42.2 Å². The summed E-state index contributed by atoms with van der Waals surface area (Å²) < 4.78 is -0.816. The fraction of sp³-hybridized carbons (Fsp3) is 0.500. The van der Waals surface area contributed by atoms with Crippen LogP contribution in [0.25, 0.3) is 0 Å². The monoisotopic (exact) mass is 622 g/mol. The molecule has 0 aliphatic rings. The van der Waals surface area contributed by atoms with Gasteiger partial charge in [0.15, 0.2) is 0 Å². The highest BCUT2D eigenvalue weighted by Gasteiger charge is 2.20. The molecule has 9 heteroatoms. The van der Waals surface area contributed by atoms with Crippen LogP contribution in [0.3, 0.4) is 0 Å². The molecule has 0 saturated carbocycles. The molecule has 0 spiro atoms. The molecule has 0 N–H and O–H groups in total. The summed E-state index contributed by atoms with van der Waals surface area (Å²) in [5.74, 6) is -0.0859. The molecule has 1 aromatic carbocycles. The molecular formula is C16H19Br4ClN2O2. The third-order valence-electron chi connectivity index (χ3n) is 3.61. The van der Waals surface area contributed by atoms with Crippen molar-refractivity contribution < 1.29 is 9.59 Å². The zero-order valence-electron chi connectivity index (χ0n) is 13.8. The van der Waals surface area contributed by atoms with E-state index < -0.39 is 7.47 Å². The normalized spacial score (nSPS) is 11.1. The lowest BCUT2D eigenvalue weighted by molar-refractivity contribution is -0.130. The van der Waals surface area contributed by atoms with E-state index in [4.69, 9.17) is 11.6 Å². The van der Waals surface area contributed by atoms with Gasteiger partial charge in [-0.2, -0.15) is 0 Å². The number of alkyl halides is 4. The van der Waals surface area contributed by atoms with E-state index >= 15 is 0 Å². The smallest absolute Gasteiger partial charge is 0.247 e. The van der Waals surface area contributed by atoms with Crippen molar-refractivity contribution >= 4 is 87.1 Å². The van der Waals surface area contributed by atoms with Crippen LogP contribution in [0, 0.1) is 0 Å². The molecule has 140 valence electrons. The Morgan fingerprint density at radius 1 is 0.960 bits per heavy atom. The zero-order valence-corrected chi connectivity index (χ0v) is 20.9. The fourth-order valence-electron chi connectivity index (χ4n) is 2.21. The highest BCUT2D eigenvalue weighted by atomic mass is 79.9. The first-order chi connectivity index (χ1) is 11.7. The van der Waals surface area contributed by atoms with Crippen LogP contribution < -0.4 is 0 Å². The number of nitrogens with zero attached hydrogens (tertiary/aromatic N) is 2. The molecule has 0 heterocycles. The number of carbonyl (C=O) groups is 2. The zero-order chi connectivity index (χ0) is 19.1. The SMILES string of the molecule is CCN(Cc1ccc(CN(CC)C(=O)C(Br)Br)c(Cl)c1)C(=O)C(Br)Br. The molecule has 1 rings (SSSR count). The van der Waals surface area contributed by atoms with Gasteiger partial charge < -0.3 is 9.80 Å². The number of amides is 2. The summed E-state index contributed by atoms with van der Waals surface area (Å²) in [6.45, 7) is 5.94. The summed E-state index contributed by atoms with van der Waals surface area (Å²) in [5, 5.41) is 0.585. The predicted octanol–water partition coefficient (Wildman–Crippen LogP) is 5.27. The van der Waals surface area contributed by atoms with Gasteiger partial charge in [0.05, 0.1) is 0 Å². The molecule has 1 aromatic rings. The molecule has 0 aliphatic carbocycles. The minimum absolute atomic E-state index is 0.0360. The molecule has 0 atom stereocenters. The second kappa shape index (κ2) is 11.3. The number of hydrogen-bond donors (Lipinski definition) is 0. The van der Waals surface area contributed by atoms with Crippen LogP contribution >= 0.6 is 75.3 Å². The Kier molecular flexibility index (Phi) is 10.6. The Morgan fingerprint density at radius 3 is 1.84 bits per heavy atom. The summed E-state index contributed by atoms with van der Waals surface area (Å²) in [6, 6.07) is 5.69. The Hall–Kier alpha value is 0.370. The summed E-state index contributed by atoms with van der Waals surface area (Å²) in [5.41, 5.74) is 1.81. The lowest BCUT2D eigenvalue weighted by Gasteiger charge is -2.24. The highest BCUT2D eigenvalue weighted by Crippen LogP contribution is 2.23. The number of carbonyl (C=O) groups excluding carboxylic acids is 2. The van der Waals surface area contributed by atoms with Crippen molar-refractivity contribution in [1.82, 2.24) is 9.80 Å². The van der Waals surface area contributed by atoms with Crippen LogP contribution in [0.2, 0.25) is 5.02 Å². The summed E-state index contributed by atoms with van der Waals surface area (Å²) >= 11 is 19.3. The predicted molar refractivity (Wildman–Crippen MR) is 117 cm³/mol. The first-order valence-corrected chi connectivity index (χ1v) is 11.7. The molecule has 0 aliphatic heterocycles. The molecule has 0 radical (unpaired) electrons. The Labute approximate surface area is 187 Å².